The van der Waals surface area contributed by atoms with Gasteiger partial charge in [0.1, 0.15) is 5.75 Å². The molecule has 0 saturated heterocycles. The molecule has 1 amide bonds. The molecule has 0 spiro atoms. The smallest absolute Gasteiger partial charge is 0.341 e. The van der Waals surface area contributed by atoms with Crippen LogP contribution in [0.2, 0.25) is 0 Å². The van der Waals surface area contributed by atoms with Gasteiger partial charge in [-0.1, -0.05) is 60.7 Å². The molecule has 1 aromatic heterocycles. The number of fused-ring (bicyclic) bond motifs is 3. The number of primary amides is 1. The first-order valence-corrected chi connectivity index (χ1v) is 10.9. The van der Waals surface area contributed by atoms with Crippen molar-refractivity contribution in [1.82, 2.24) is 4.57 Å². The van der Waals surface area contributed by atoms with Crippen molar-refractivity contribution in [2.75, 3.05) is 6.61 Å². The summed E-state index contributed by atoms with van der Waals surface area (Å²) < 4.78 is 7.71. The lowest BCUT2D eigenvalue weighted by Gasteiger charge is -2.10. The molecule has 6 nitrogen and oxygen atoms in total. The zero-order chi connectivity index (χ0) is 23.7. The highest BCUT2D eigenvalue weighted by Gasteiger charge is 2.20. The fraction of sp³-hybridized carbons (Fsp3) is 0.0714. The highest BCUT2D eigenvalue weighted by atomic mass is 16.5. The molecule has 0 saturated carbocycles. The first-order valence-electron chi connectivity index (χ1n) is 10.9. The average Bonchev–Trinajstić information content (AvgIpc) is 3.17. The van der Waals surface area contributed by atoms with Gasteiger partial charge < -0.3 is 20.1 Å². The molecule has 34 heavy (non-hydrogen) atoms. The van der Waals surface area contributed by atoms with Crippen molar-refractivity contribution >= 4 is 33.7 Å². The molecule has 0 radical (unpaired) electrons. The molecule has 168 valence electrons. The molecule has 0 unspecified atom stereocenters. The fourth-order valence-corrected chi connectivity index (χ4v) is 4.45. The van der Waals surface area contributed by atoms with Crippen molar-refractivity contribution in [1.29, 1.82) is 0 Å². The Labute approximate surface area is 195 Å². The third-order valence-corrected chi connectivity index (χ3v) is 5.87. The van der Waals surface area contributed by atoms with Crippen LogP contribution in [0.3, 0.4) is 0 Å². The number of carbonyl (C=O) groups is 2. The second-order valence-corrected chi connectivity index (χ2v) is 8.05. The van der Waals surface area contributed by atoms with Gasteiger partial charge in [-0.2, -0.15) is 0 Å². The molecule has 5 rings (SSSR count). The topological polar surface area (TPSA) is 94.6 Å². The number of aromatic nitrogens is 1. The van der Waals surface area contributed by atoms with Gasteiger partial charge >= 0.3 is 5.97 Å². The van der Waals surface area contributed by atoms with Gasteiger partial charge in [0, 0.05) is 17.5 Å². The largest absolute Gasteiger partial charge is 0.481 e. The van der Waals surface area contributed by atoms with Gasteiger partial charge in [-0.05, 0) is 47.0 Å². The highest BCUT2D eigenvalue weighted by molar-refractivity contribution is 6.19. The minimum absolute atomic E-state index is 0.366. The predicted molar refractivity (Wildman–Crippen MR) is 132 cm³/mol. The van der Waals surface area contributed by atoms with Gasteiger partial charge in [-0.15, -0.1) is 0 Å². The number of nitrogens with two attached hydrogens (primary N) is 1. The number of carboxylic acids is 1. The molecular weight excluding hydrogens is 428 g/mol. The Kier molecular flexibility index (Phi) is 5.47. The van der Waals surface area contributed by atoms with E-state index in [1.54, 1.807) is 18.2 Å². The van der Waals surface area contributed by atoms with E-state index >= 15 is 0 Å². The summed E-state index contributed by atoms with van der Waals surface area (Å²) in [4.78, 5) is 23.4. The lowest BCUT2D eigenvalue weighted by atomic mass is 10.0. The molecule has 0 aliphatic carbocycles. The van der Waals surface area contributed by atoms with Gasteiger partial charge in [0.25, 0.3) is 0 Å². The van der Waals surface area contributed by atoms with Gasteiger partial charge in [0.15, 0.2) is 6.61 Å². The summed E-state index contributed by atoms with van der Waals surface area (Å²) in [6.45, 7) is 0.0644. The van der Waals surface area contributed by atoms with Gasteiger partial charge in [-0.3, -0.25) is 4.79 Å². The van der Waals surface area contributed by atoms with Crippen molar-refractivity contribution in [3.63, 3.8) is 0 Å². The van der Waals surface area contributed by atoms with Crippen molar-refractivity contribution in [3.8, 4) is 16.9 Å². The van der Waals surface area contributed by atoms with Crippen molar-refractivity contribution in [2.24, 2.45) is 5.73 Å². The first kappa shape index (κ1) is 21.3. The Bertz CT molecular complexity index is 1540. The number of rotatable bonds is 7. The molecule has 0 fully saturated rings. The van der Waals surface area contributed by atoms with Crippen LogP contribution in [-0.4, -0.2) is 28.2 Å². The van der Waals surface area contributed by atoms with Crippen LogP contribution in [0.4, 0.5) is 0 Å². The summed E-state index contributed by atoms with van der Waals surface area (Å²) in [7, 11) is 0. The first-order chi connectivity index (χ1) is 16.5. The summed E-state index contributed by atoms with van der Waals surface area (Å²) in [6, 6.07) is 29.4. The molecular formula is C28H22N2O4. The van der Waals surface area contributed by atoms with Crippen molar-refractivity contribution in [2.45, 2.75) is 6.54 Å². The van der Waals surface area contributed by atoms with E-state index < -0.39 is 18.5 Å². The quantitative estimate of drug-likeness (QED) is 0.362. The van der Waals surface area contributed by atoms with Crippen molar-refractivity contribution < 1.29 is 19.4 Å². The van der Waals surface area contributed by atoms with Crippen LogP contribution in [0.25, 0.3) is 32.9 Å². The third kappa shape index (κ3) is 3.86. The van der Waals surface area contributed by atoms with Crippen LogP contribution in [0.15, 0.2) is 91.0 Å². The van der Waals surface area contributed by atoms with Crippen LogP contribution >= 0.6 is 0 Å². The molecule has 4 aromatic carbocycles. The Balaban J connectivity index is 1.70. The molecule has 6 heteroatoms. The van der Waals surface area contributed by atoms with E-state index in [1.807, 2.05) is 42.5 Å². The van der Waals surface area contributed by atoms with E-state index in [1.165, 1.54) is 0 Å². The minimum atomic E-state index is -1.08. The Hall–Kier alpha value is -4.58. The van der Waals surface area contributed by atoms with Crippen LogP contribution in [0.5, 0.6) is 5.75 Å². The fourth-order valence-electron chi connectivity index (χ4n) is 4.45. The highest BCUT2D eigenvalue weighted by Crippen LogP contribution is 2.38. The minimum Gasteiger partial charge on any atom is -0.481 e. The number of carboxylic acid groups (broad SMARTS) is 1. The van der Waals surface area contributed by atoms with E-state index in [0.29, 0.717) is 28.6 Å². The van der Waals surface area contributed by atoms with E-state index in [2.05, 4.69) is 34.9 Å². The van der Waals surface area contributed by atoms with Crippen molar-refractivity contribution in [3.05, 3.63) is 102 Å². The molecule has 1 heterocycles. The normalized spacial score (nSPS) is 11.1. The van der Waals surface area contributed by atoms with Crippen LogP contribution in [0, 0.1) is 0 Å². The average molecular weight is 450 g/mol. The Morgan fingerprint density at radius 2 is 1.47 bits per heavy atom. The number of hydrogen-bond donors (Lipinski definition) is 2. The molecule has 0 bridgehead atoms. The Morgan fingerprint density at radius 1 is 0.794 bits per heavy atom. The number of hydrogen-bond acceptors (Lipinski definition) is 3. The maximum Gasteiger partial charge on any atom is 0.341 e. The van der Waals surface area contributed by atoms with Crippen LogP contribution < -0.4 is 10.5 Å². The van der Waals surface area contributed by atoms with E-state index in [-0.39, 0.29) is 0 Å². The second-order valence-electron chi connectivity index (χ2n) is 8.05. The van der Waals surface area contributed by atoms with Gasteiger partial charge in [0.2, 0.25) is 5.91 Å². The molecule has 0 aliphatic rings. The van der Waals surface area contributed by atoms with Gasteiger partial charge in [0.05, 0.1) is 16.4 Å². The Morgan fingerprint density at radius 3 is 2.21 bits per heavy atom. The lowest BCUT2D eigenvalue weighted by molar-refractivity contribution is -0.139. The number of nitrogens with zero attached hydrogens (tertiary/aromatic N) is 1. The number of ether oxygens (including phenoxy) is 1. The summed E-state index contributed by atoms with van der Waals surface area (Å²) in [6.07, 6.45) is 0. The van der Waals surface area contributed by atoms with E-state index in [0.717, 1.165) is 27.7 Å². The predicted octanol–water partition coefficient (Wildman–Crippen LogP) is 5.07. The molecule has 3 N–H and O–H groups in total. The maximum absolute atomic E-state index is 12.3. The van der Waals surface area contributed by atoms with Crippen LogP contribution in [-0.2, 0) is 11.3 Å². The summed E-state index contributed by atoms with van der Waals surface area (Å²) >= 11 is 0. The van der Waals surface area contributed by atoms with Crippen LogP contribution in [0.1, 0.15) is 15.9 Å². The molecule has 0 aliphatic heterocycles. The number of aliphatic carboxylic acids is 1. The summed E-state index contributed by atoms with van der Waals surface area (Å²) in [5.41, 5.74) is 11.1. The second kappa shape index (κ2) is 8.75. The molecule has 0 atom stereocenters. The zero-order valence-corrected chi connectivity index (χ0v) is 18.3. The lowest BCUT2D eigenvalue weighted by Crippen LogP contribution is -2.11. The third-order valence-electron chi connectivity index (χ3n) is 5.87. The SMILES string of the molecule is NC(=O)c1cccc2c1c1c(OCC(=O)O)cccc1n2Cc1cccc(-c2ccccc2)c1. The summed E-state index contributed by atoms with van der Waals surface area (Å²) in [5, 5.41) is 10.4. The zero-order valence-electron chi connectivity index (χ0n) is 18.3. The maximum atomic E-state index is 12.3. The van der Waals surface area contributed by atoms with E-state index in [4.69, 9.17) is 15.6 Å². The number of amides is 1. The standard InChI is InChI=1S/C28H22N2O4/c29-28(33)21-11-5-12-22-26(21)27-23(13-6-14-24(27)34-17-25(31)32)30(22)16-18-7-4-10-20(15-18)19-8-2-1-3-9-19/h1-15H,16-17H2,(H2,29,33)(H,31,32). The van der Waals surface area contributed by atoms with Gasteiger partial charge in [-0.25, -0.2) is 4.79 Å². The number of carbonyl (C=O) groups excluding carboxylic acids is 1. The van der Waals surface area contributed by atoms with E-state index in [9.17, 15) is 9.59 Å². The monoisotopic (exact) mass is 450 g/mol. The molecule has 5 aromatic rings. The number of benzene rings is 4. The summed E-state index contributed by atoms with van der Waals surface area (Å²) in [5.74, 6) is -1.23.